The maximum Gasteiger partial charge on any atom is 0.390 e. The fourth-order valence-corrected chi connectivity index (χ4v) is 3.84. The van der Waals surface area contributed by atoms with Crippen LogP contribution in [0.2, 0.25) is 0 Å². The van der Waals surface area contributed by atoms with Gasteiger partial charge in [0.2, 0.25) is 10.0 Å². The van der Waals surface area contributed by atoms with Crippen molar-refractivity contribution in [3.8, 4) is 0 Å². The summed E-state index contributed by atoms with van der Waals surface area (Å²) in [6.07, 6.45) is -5.58. The summed E-state index contributed by atoms with van der Waals surface area (Å²) in [4.78, 5) is 1.17. The minimum absolute atomic E-state index is 0.00451. The number of thiophene rings is 1. The van der Waals surface area contributed by atoms with Gasteiger partial charge < -0.3 is 5.73 Å². The molecular formula is C9H13F3N2O2S2. The van der Waals surface area contributed by atoms with Crippen LogP contribution in [0.4, 0.5) is 13.2 Å². The third-order valence-electron chi connectivity index (χ3n) is 2.11. The van der Waals surface area contributed by atoms with Crippen LogP contribution in [-0.4, -0.2) is 21.1 Å². The van der Waals surface area contributed by atoms with Crippen LogP contribution in [0, 0.1) is 6.92 Å². The smallest absolute Gasteiger partial charge is 0.326 e. The van der Waals surface area contributed by atoms with Crippen LogP contribution in [0.15, 0.2) is 11.0 Å². The van der Waals surface area contributed by atoms with Gasteiger partial charge in [0.1, 0.15) is 0 Å². The lowest BCUT2D eigenvalue weighted by Gasteiger charge is -2.08. The van der Waals surface area contributed by atoms with E-state index in [2.05, 4.69) is 0 Å². The van der Waals surface area contributed by atoms with E-state index in [1.807, 2.05) is 4.72 Å². The molecule has 0 radical (unpaired) electrons. The van der Waals surface area contributed by atoms with E-state index in [0.717, 1.165) is 0 Å². The number of alkyl halides is 3. The van der Waals surface area contributed by atoms with Crippen molar-refractivity contribution in [2.45, 2.75) is 31.0 Å². The van der Waals surface area contributed by atoms with Gasteiger partial charge in [-0.15, -0.1) is 11.3 Å². The monoisotopic (exact) mass is 302 g/mol. The van der Waals surface area contributed by atoms with Gasteiger partial charge in [0.15, 0.2) is 0 Å². The number of halogens is 3. The van der Waals surface area contributed by atoms with Crippen molar-refractivity contribution < 1.29 is 21.6 Å². The van der Waals surface area contributed by atoms with Gasteiger partial charge in [-0.25, -0.2) is 13.1 Å². The molecule has 1 aromatic heterocycles. The van der Waals surface area contributed by atoms with Crippen molar-refractivity contribution in [2.24, 2.45) is 5.73 Å². The van der Waals surface area contributed by atoms with Crippen LogP contribution in [0.3, 0.4) is 0 Å². The Bertz CT molecular complexity index is 508. The summed E-state index contributed by atoms with van der Waals surface area (Å²) in [6.45, 7) is 1.12. The third kappa shape index (κ3) is 4.23. The molecule has 1 aromatic rings. The van der Waals surface area contributed by atoms with Gasteiger partial charge in [0.25, 0.3) is 0 Å². The molecule has 0 saturated carbocycles. The van der Waals surface area contributed by atoms with Crippen molar-refractivity contribution in [1.82, 2.24) is 4.72 Å². The van der Waals surface area contributed by atoms with Gasteiger partial charge in [-0.05, 0) is 13.0 Å². The Morgan fingerprint density at radius 2 is 2.06 bits per heavy atom. The van der Waals surface area contributed by atoms with E-state index in [4.69, 9.17) is 5.73 Å². The molecule has 1 rings (SSSR count). The Hall–Kier alpha value is -0.640. The van der Waals surface area contributed by atoms with Crippen molar-refractivity contribution in [3.63, 3.8) is 0 Å². The van der Waals surface area contributed by atoms with Crippen molar-refractivity contribution in [2.75, 3.05) is 6.54 Å². The normalized spacial score (nSPS) is 12.9. The van der Waals surface area contributed by atoms with Crippen LogP contribution in [0.1, 0.15) is 16.2 Å². The average molecular weight is 302 g/mol. The summed E-state index contributed by atoms with van der Waals surface area (Å²) in [5.41, 5.74) is 5.38. The fraction of sp³-hybridized carbons (Fsp3) is 0.556. The largest absolute Gasteiger partial charge is 0.390 e. The summed E-state index contributed by atoms with van der Waals surface area (Å²) < 4.78 is 61.2. The second-order valence-corrected chi connectivity index (χ2v) is 6.68. The van der Waals surface area contributed by atoms with E-state index in [-0.39, 0.29) is 11.4 Å². The minimum atomic E-state index is -4.38. The zero-order valence-corrected chi connectivity index (χ0v) is 11.2. The standard InChI is InChI=1S/C9H13F3N2O2S2/c1-6-8(4-7(5-13)17-6)18(15,16)14-3-2-9(10,11)12/h4,14H,2-3,5,13H2,1H3. The molecule has 0 aliphatic carbocycles. The van der Waals surface area contributed by atoms with E-state index in [1.54, 1.807) is 6.92 Å². The quantitative estimate of drug-likeness (QED) is 0.870. The van der Waals surface area contributed by atoms with E-state index >= 15 is 0 Å². The Balaban J connectivity index is 2.77. The number of hydrogen-bond donors (Lipinski definition) is 2. The molecule has 0 aromatic carbocycles. The number of nitrogens with two attached hydrogens (primary N) is 1. The second kappa shape index (κ2) is 5.55. The highest BCUT2D eigenvalue weighted by molar-refractivity contribution is 7.89. The van der Waals surface area contributed by atoms with Crippen LogP contribution in [-0.2, 0) is 16.6 Å². The molecule has 0 aliphatic heterocycles. The molecular weight excluding hydrogens is 289 g/mol. The molecule has 3 N–H and O–H groups in total. The molecule has 1 heterocycles. The SMILES string of the molecule is Cc1sc(CN)cc1S(=O)(=O)NCCC(F)(F)F. The molecule has 104 valence electrons. The van der Waals surface area contributed by atoms with Gasteiger partial charge in [-0.2, -0.15) is 13.2 Å². The first-order valence-corrected chi connectivity index (χ1v) is 7.31. The van der Waals surface area contributed by atoms with Gasteiger partial charge in [-0.1, -0.05) is 0 Å². The van der Waals surface area contributed by atoms with Gasteiger partial charge in [-0.3, -0.25) is 0 Å². The molecule has 4 nitrogen and oxygen atoms in total. The van der Waals surface area contributed by atoms with Crippen molar-refractivity contribution in [3.05, 3.63) is 15.8 Å². The molecule has 0 atom stereocenters. The molecule has 9 heteroatoms. The molecule has 0 fully saturated rings. The van der Waals surface area contributed by atoms with E-state index < -0.39 is 29.2 Å². The van der Waals surface area contributed by atoms with E-state index in [9.17, 15) is 21.6 Å². The van der Waals surface area contributed by atoms with Crippen LogP contribution < -0.4 is 10.5 Å². The van der Waals surface area contributed by atoms with Gasteiger partial charge >= 0.3 is 6.18 Å². The zero-order valence-electron chi connectivity index (χ0n) is 9.54. The molecule has 0 bridgehead atoms. The number of hydrogen-bond acceptors (Lipinski definition) is 4. The van der Waals surface area contributed by atoms with Crippen LogP contribution in [0.5, 0.6) is 0 Å². The predicted octanol–water partition coefficient (Wildman–Crippen LogP) is 1.75. The number of aryl methyl sites for hydroxylation is 1. The van der Waals surface area contributed by atoms with Gasteiger partial charge in [0.05, 0.1) is 11.3 Å². The van der Waals surface area contributed by atoms with Crippen molar-refractivity contribution in [1.29, 1.82) is 0 Å². The third-order valence-corrected chi connectivity index (χ3v) is 4.90. The lowest BCUT2D eigenvalue weighted by Crippen LogP contribution is -2.28. The first kappa shape index (κ1) is 15.4. The predicted molar refractivity (Wildman–Crippen MR) is 62.8 cm³/mol. The number of nitrogens with one attached hydrogen (secondary N) is 1. The molecule has 0 aliphatic rings. The lowest BCUT2D eigenvalue weighted by atomic mass is 10.4. The lowest BCUT2D eigenvalue weighted by molar-refractivity contribution is -0.132. The van der Waals surface area contributed by atoms with Gasteiger partial charge in [0, 0.05) is 22.8 Å². The number of sulfonamides is 1. The Kier molecular flexibility index (Phi) is 4.76. The fourth-order valence-electron chi connectivity index (χ4n) is 1.30. The maximum absolute atomic E-state index is 11.9. The average Bonchev–Trinajstić information content (AvgIpc) is 2.58. The zero-order chi connectivity index (χ0) is 14.0. The number of rotatable bonds is 5. The highest BCUT2D eigenvalue weighted by Crippen LogP contribution is 2.25. The van der Waals surface area contributed by atoms with E-state index in [0.29, 0.717) is 9.75 Å². The summed E-state index contributed by atoms with van der Waals surface area (Å²) in [5.74, 6) is 0. The summed E-state index contributed by atoms with van der Waals surface area (Å²) in [6, 6.07) is 1.38. The summed E-state index contributed by atoms with van der Waals surface area (Å²) >= 11 is 1.21. The Morgan fingerprint density at radius 3 is 2.50 bits per heavy atom. The molecule has 0 amide bonds. The molecule has 0 unspecified atom stereocenters. The van der Waals surface area contributed by atoms with Crippen LogP contribution in [0.25, 0.3) is 0 Å². The van der Waals surface area contributed by atoms with E-state index in [1.165, 1.54) is 17.4 Å². The Labute approximate surface area is 107 Å². The molecule has 0 spiro atoms. The summed E-state index contributed by atoms with van der Waals surface area (Å²) in [7, 11) is -3.90. The topological polar surface area (TPSA) is 72.2 Å². The highest BCUT2D eigenvalue weighted by atomic mass is 32.2. The highest BCUT2D eigenvalue weighted by Gasteiger charge is 2.28. The van der Waals surface area contributed by atoms with Crippen molar-refractivity contribution >= 4 is 21.4 Å². The summed E-state index contributed by atoms with van der Waals surface area (Å²) in [5, 5.41) is 0. The first-order valence-electron chi connectivity index (χ1n) is 5.01. The first-order chi connectivity index (χ1) is 8.15. The second-order valence-electron chi connectivity index (χ2n) is 3.60. The minimum Gasteiger partial charge on any atom is -0.326 e. The van der Waals surface area contributed by atoms with Crippen LogP contribution >= 0.6 is 11.3 Å². The molecule has 18 heavy (non-hydrogen) atoms. The maximum atomic E-state index is 11.9. The Morgan fingerprint density at radius 1 is 1.44 bits per heavy atom. The molecule has 0 saturated heterocycles.